The first-order valence-corrected chi connectivity index (χ1v) is 10.3. The lowest BCUT2D eigenvalue weighted by Gasteiger charge is -2.38. The maximum Gasteiger partial charge on any atom is 0.312 e. The molecule has 146 valence electrons. The van der Waals surface area contributed by atoms with Gasteiger partial charge in [-0.2, -0.15) is 0 Å². The van der Waals surface area contributed by atoms with Gasteiger partial charge in [0.15, 0.2) is 0 Å². The van der Waals surface area contributed by atoms with E-state index in [1.807, 2.05) is 6.92 Å². The summed E-state index contributed by atoms with van der Waals surface area (Å²) in [5, 5.41) is 0. The zero-order valence-electron chi connectivity index (χ0n) is 16.9. The summed E-state index contributed by atoms with van der Waals surface area (Å²) >= 11 is 0. The van der Waals surface area contributed by atoms with Crippen molar-refractivity contribution in [1.82, 2.24) is 0 Å². The van der Waals surface area contributed by atoms with Gasteiger partial charge in [0.2, 0.25) is 0 Å². The Labute approximate surface area is 154 Å². The molecule has 2 unspecified atom stereocenters. The first-order chi connectivity index (χ1) is 11.9. The Morgan fingerprint density at radius 1 is 0.920 bits per heavy atom. The highest BCUT2D eigenvalue weighted by atomic mass is 16.5. The lowest BCUT2D eigenvalue weighted by Crippen LogP contribution is -2.44. The lowest BCUT2D eigenvalue weighted by atomic mass is 9.67. The highest BCUT2D eigenvalue weighted by Gasteiger charge is 2.48. The van der Waals surface area contributed by atoms with E-state index in [4.69, 9.17) is 9.47 Å². The third kappa shape index (κ3) is 6.00. The van der Waals surface area contributed by atoms with Crippen LogP contribution in [0.1, 0.15) is 86.0 Å². The highest BCUT2D eigenvalue weighted by Crippen LogP contribution is 2.43. The summed E-state index contributed by atoms with van der Waals surface area (Å²) in [6.07, 6.45) is 7.38. The van der Waals surface area contributed by atoms with E-state index in [0.717, 1.165) is 44.9 Å². The van der Waals surface area contributed by atoms with Crippen molar-refractivity contribution in [3.05, 3.63) is 0 Å². The summed E-state index contributed by atoms with van der Waals surface area (Å²) in [6.45, 7) is 11.3. The first kappa shape index (κ1) is 22.0. The highest BCUT2D eigenvalue weighted by molar-refractivity contribution is 5.85. The number of hydrogen-bond donors (Lipinski definition) is 0. The molecular formula is C21H38O4. The van der Waals surface area contributed by atoms with Crippen LogP contribution in [0, 0.1) is 23.2 Å². The second-order valence-corrected chi connectivity index (χ2v) is 7.81. The summed E-state index contributed by atoms with van der Waals surface area (Å²) in [7, 11) is 0. The van der Waals surface area contributed by atoms with Crippen LogP contribution in [0.3, 0.4) is 0 Å². The van der Waals surface area contributed by atoms with E-state index in [-0.39, 0.29) is 17.9 Å². The van der Waals surface area contributed by atoms with Crippen LogP contribution in [0.4, 0.5) is 0 Å². The maximum atomic E-state index is 12.8. The molecule has 0 N–H and O–H groups in total. The number of carbonyl (C=O) groups is 2. The quantitative estimate of drug-likeness (QED) is 0.510. The van der Waals surface area contributed by atoms with Gasteiger partial charge in [-0.3, -0.25) is 9.59 Å². The van der Waals surface area contributed by atoms with E-state index in [2.05, 4.69) is 27.7 Å². The lowest BCUT2D eigenvalue weighted by molar-refractivity contribution is -0.173. The van der Waals surface area contributed by atoms with Crippen molar-refractivity contribution in [3.63, 3.8) is 0 Å². The van der Waals surface area contributed by atoms with Crippen LogP contribution in [0.5, 0.6) is 0 Å². The molecule has 1 aliphatic rings. The minimum absolute atomic E-state index is 0.214. The molecule has 0 heterocycles. The molecule has 4 nitrogen and oxygen atoms in total. The average molecular weight is 355 g/mol. The van der Waals surface area contributed by atoms with Crippen LogP contribution in [0.2, 0.25) is 0 Å². The van der Waals surface area contributed by atoms with Crippen LogP contribution in [-0.2, 0) is 19.1 Å². The number of hydrogen-bond acceptors (Lipinski definition) is 4. The van der Waals surface area contributed by atoms with Crippen LogP contribution >= 0.6 is 0 Å². The van der Waals surface area contributed by atoms with Gasteiger partial charge in [0.25, 0.3) is 0 Å². The standard InChI is InChI=1S/C21H38O4/c1-6-16(7-2)14-24-19(22)18-12-10-11-13-21(18,5)20(23)25-15-17(8-3)9-4/h16-18H,6-15H2,1-5H3. The van der Waals surface area contributed by atoms with Gasteiger partial charge >= 0.3 is 11.9 Å². The molecule has 1 rings (SSSR count). The van der Waals surface area contributed by atoms with Gasteiger partial charge in [0, 0.05) is 0 Å². The molecule has 0 aromatic carbocycles. The monoisotopic (exact) mass is 354 g/mol. The van der Waals surface area contributed by atoms with Crippen LogP contribution in [-0.4, -0.2) is 25.2 Å². The second kappa shape index (κ2) is 10.8. The molecule has 0 aromatic heterocycles. The van der Waals surface area contributed by atoms with Crippen molar-refractivity contribution in [1.29, 1.82) is 0 Å². The molecule has 0 aliphatic heterocycles. The predicted molar refractivity (Wildman–Crippen MR) is 100 cm³/mol. The first-order valence-electron chi connectivity index (χ1n) is 10.3. The summed E-state index contributed by atoms with van der Waals surface area (Å²) in [5.74, 6) is -0.000921. The minimum Gasteiger partial charge on any atom is -0.465 e. The summed E-state index contributed by atoms with van der Waals surface area (Å²) in [6, 6.07) is 0. The number of ether oxygens (including phenoxy) is 2. The van der Waals surface area contributed by atoms with Gasteiger partial charge in [0.1, 0.15) is 0 Å². The Kier molecular flexibility index (Phi) is 9.52. The topological polar surface area (TPSA) is 52.6 Å². The Morgan fingerprint density at radius 2 is 1.44 bits per heavy atom. The molecule has 1 fully saturated rings. The Morgan fingerprint density at radius 3 is 1.96 bits per heavy atom. The third-order valence-electron chi connectivity index (χ3n) is 6.18. The fraction of sp³-hybridized carbons (Fsp3) is 0.905. The third-order valence-corrected chi connectivity index (χ3v) is 6.18. The van der Waals surface area contributed by atoms with Gasteiger partial charge in [-0.25, -0.2) is 0 Å². The molecule has 0 radical (unpaired) electrons. The molecule has 0 amide bonds. The van der Waals surface area contributed by atoms with Crippen molar-refractivity contribution < 1.29 is 19.1 Å². The van der Waals surface area contributed by atoms with Gasteiger partial charge in [-0.1, -0.05) is 66.2 Å². The Bertz CT molecular complexity index is 412. The molecule has 0 saturated heterocycles. The SMILES string of the molecule is CCC(CC)COC(=O)C1CCCCC1(C)C(=O)OCC(CC)CC. The van der Waals surface area contributed by atoms with Gasteiger partial charge in [0.05, 0.1) is 24.5 Å². The normalized spacial score (nSPS) is 23.7. The molecule has 1 aliphatic carbocycles. The van der Waals surface area contributed by atoms with Crippen LogP contribution in [0.25, 0.3) is 0 Å². The fourth-order valence-electron chi connectivity index (χ4n) is 3.66. The fourth-order valence-corrected chi connectivity index (χ4v) is 3.66. The molecule has 25 heavy (non-hydrogen) atoms. The largest absolute Gasteiger partial charge is 0.465 e. The molecule has 0 spiro atoms. The smallest absolute Gasteiger partial charge is 0.312 e. The molecule has 0 bridgehead atoms. The van der Waals surface area contributed by atoms with Crippen molar-refractivity contribution in [2.75, 3.05) is 13.2 Å². The zero-order valence-corrected chi connectivity index (χ0v) is 16.9. The minimum atomic E-state index is -0.741. The van der Waals surface area contributed by atoms with Crippen molar-refractivity contribution in [3.8, 4) is 0 Å². The molecule has 4 heteroatoms. The zero-order chi connectivity index (χ0) is 18.9. The van der Waals surface area contributed by atoms with Crippen molar-refractivity contribution >= 4 is 11.9 Å². The molecular weight excluding hydrogens is 316 g/mol. The van der Waals surface area contributed by atoms with Crippen LogP contribution in [0.15, 0.2) is 0 Å². The average Bonchev–Trinajstić information content (AvgIpc) is 2.63. The predicted octanol–water partition coefficient (Wildman–Crippen LogP) is 5.14. The summed E-state index contributed by atoms with van der Waals surface area (Å²) in [4.78, 5) is 25.5. The molecule has 0 aromatic rings. The number of carbonyl (C=O) groups excluding carboxylic acids is 2. The van der Waals surface area contributed by atoms with Gasteiger partial charge in [-0.15, -0.1) is 0 Å². The van der Waals surface area contributed by atoms with E-state index in [0.29, 0.717) is 31.5 Å². The second-order valence-electron chi connectivity index (χ2n) is 7.81. The Balaban J connectivity index is 2.72. The molecule has 1 saturated carbocycles. The van der Waals surface area contributed by atoms with Crippen molar-refractivity contribution in [2.45, 2.75) is 86.0 Å². The van der Waals surface area contributed by atoms with E-state index in [1.54, 1.807) is 0 Å². The Hall–Kier alpha value is -1.06. The summed E-state index contributed by atoms with van der Waals surface area (Å²) < 4.78 is 11.2. The molecule has 2 atom stereocenters. The van der Waals surface area contributed by atoms with Gasteiger partial charge in [-0.05, 0) is 31.6 Å². The van der Waals surface area contributed by atoms with E-state index in [9.17, 15) is 9.59 Å². The number of rotatable bonds is 10. The maximum absolute atomic E-state index is 12.8. The van der Waals surface area contributed by atoms with E-state index in [1.165, 1.54) is 0 Å². The summed E-state index contributed by atoms with van der Waals surface area (Å²) in [5.41, 5.74) is -0.741. The number of esters is 2. The van der Waals surface area contributed by atoms with Gasteiger partial charge < -0.3 is 9.47 Å². The van der Waals surface area contributed by atoms with E-state index >= 15 is 0 Å². The van der Waals surface area contributed by atoms with Crippen LogP contribution < -0.4 is 0 Å². The van der Waals surface area contributed by atoms with E-state index < -0.39 is 5.41 Å². The van der Waals surface area contributed by atoms with Crippen molar-refractivity contribution in [2.24, 2.45) is 23.2 Å².